The molecule has 0 aliphatic heterocycles. The molecule has 1 atom stereocenters. The van der Waals surface area contributed by atoms with Crippen LogP contribution < -0.4 is 4.74 Å². The predicted octanol–water partition coefficient (Wildman–Crippen LogP) is 5.79. The summed E-state index contributed by atoms with van der Waals surface area (Å²) in [6, 6.07) is 14.0. The van der Waals surface area contributed by atoms with Crippen LogP contribution in [-0.4, -0.2) is 7.11 Å². The van der Waals surface area contributed by atoms with Gasteiger partial charge in [-0.2, -0.15) is 0 Å². The van der Waals surface area contributed by atoms with E-state index in [0.717, 1.165) is 21.7 Å². The highest BCUT2D eigenvalue weighted by Crippen LogP contribution is 2.33. The van der Waals surface area contributed by atoms with Gasteiger partial charge in [-0.15, -0.1) is 0 Å². The molecule has 2 rings (SSSR count). The quantitative estimate of drug-likeness (QED) is 0.586. The van der Waals surface area contributed by atoms with Crippen molar-refractivity contribution in [2.24, 2.45) is 0 Å². The number of alkyl halides is 1. The number of benzene rings is 2. The van der Waals surface area contributed by atoms with Gasteiger partial charge in [-0.25, -0.2) is 0 Å². The van der Waals surface area contributed by atoms with Crippen molar-refractivity contribution in [3.63, 3.8) is 0 Å². The second kappa shape index (κ2) is 6.78. The molecule has 2 aromatic rings. The highest BCUT2D eigenvalue weighted by Gasteiger charge is 2.11. The van der Waals surface area contributed by atoms with Crippen molar-refractivity contribution in [2.45, 2.75) is 11.2 Å². The molecule has 2 aromatic carbocycles. The summed E-state index contributed by atoms with van der Waals surface area (Å²) < 4.78 is 6.20. The van der Waals surface area contributed by atoms with E-state index in [4.69, 9.17) is 16.3 Å². The SMILES string of the molecule is COc1ccc(C(Br)Cc2cccc(Cl)c2)cc1Br. The molecule has 0 fully saturated rings. The molecule has 4 heteroatoms. The van der Waals surface area contributed by atoms with E-state index in [9.17, 15) is 0 Å². The first-order chi connectivity index (χ1) is 9.10. The second-order valence-electron chi connectivity index (χ2n) is 4.20. The maximum atomic E-state index is 6.00. The Kier molecular flexibility index (Phi) is 5.31. The van der Waals surface area contributed by atoms with E-state index in [1.807, 2.05) is 24.3 Å². The molecular weight excluding hydrogens is 391 g/mol. The predicted molar refractivity (Wildman–Crippen MR) is 87.5 cm³/mol. The highest BCUT2D eigenvalue weighted by atomic mass is 79.9. The molecule has 1 unspecified atom stereocenters. The number of hydrogen-bond acceptors (Lipinski definition) is 1. The van der Waals surface area contributed by atoms with Crippen LogP contribution >= 0.6 is 43.5 Å². The molecule has 0 aliphatic rings. The average Bonchev–Trinajstić information content (AvgIpc) is 2.38. The zero-order chi connectivity index (χ0) is 13.8. The smallest absolute Gasteiger partial charge is 0.133 e. The van der Waals surface area contributed by atoms with E-state index < -0.39 is 0 Å². The van der Waals surface area contributed by atoms with Gasteiger partial charge in [-0.1, -0.05) is 45.7 Å². The van der Waals surface area contributed by atoms with Gasteiger partial charge in [0, 0.05) is 9.85 Å². The Morgan fingerprint density at radius 3 is 2.63 bits per heavy atom. The summed E-state index contributed by atoms with van der Waals surface area (Å²) in [6.07, 6.45) is 0.888. The molecule has 100 valence electrons. The zero-order valence-corrected chi connectivity index (χ0v) is 14.3. The van der Waals surface area contributed by atoms with Gasteiger partial charge >= 0.3 is 0 Å². The lowest BCUT2D eigenvalue weighted by atomic mass is 10.0. The van der Waals surface area contributed by atoms with Gasteiger partial charge in [0.25, 0.3) is 0 Å². The van der Waals surface area contributed by atoms with Crippen LogP contribution in [0.4, 0.5) is 0 Å². The minimum atomic E-state index is 0.244. The number of ether oxygens (including phenoxy) is 1. The van der Waals surface area contributed by atoms with E-state index >= 15 is 0 Å². The van der Waals surface area contributed by atoms with Gasteiger partial charge < -0.3 is 4.74 Å². The summed E-state index contributed by atoms with van der Waals surface area (Å²) in [7, 11) is 1.66. The first kappa shape index (κ1) is 14.9. The Labute approximate surface area is 135 Å². The summed E-state index contributed by atoms with van der Waals surface area (Å²) in [6.45, 7) is 0. The van der Waals surface area contributed by atoms with Crippen LogP contribution in [0.3, 0.4) is 0 Å². The highest BCUT2D eigenvalue weighted by molar-refractivity contribution is 9.10. The van der Waals surface area contributed by atoms with Gasteiger partial charge in [-0.3, -0.25) is 0 Å². The molecule has 0 aliphatic carbocycles. The van der Waals surface area contributed by atoms with E-state index in [1.165, 1.54) is 11.1 Å². The molecule has 0 heterocycles. The third-order valence-corrected chi connectivity index (χ3v) is 4.55. The molecule has 0 saturated carbocycles. The van der Waals surface area contributed by atoms with E-state index in [-0.39, 0.29) is 4.83 Å². The standard InChI is InChI=1S/C15H13Br2ClO/c1-19-15-6-5-11(9-14(15)17)13(16)8-10-3-2-4-12(18)7-10/h2-7,9,13H,8H2,1H3. The fourth-order valence-corrected chi connectivity index (χ4v) is 3.30. The Morgan fingerprint density at radius 1 is 1.21 bits per heavy atom. The van der Waals surface area contributed by atoms with Crippen LogP contribution in [0.15, 0.2) is 46.9 Å². The Hall–Kier alpha value is -0.510. The maximum absolute atomic E-state index is 6.00. The Balaban J connectivity index is 2.15. The van der Waals surface area contributed by atoms with Crippen molar-refractivity contribution < 1.29 is 4.74 Å². The van der Waals surface area contributed by atoms with Crippen molar-refractivity contribution in [2.75, 3.05) is 7.11 Å². The van der Waals surface area contributed by atoms with Crippen LogP contribution in [0.2, 0.25) is 5.02 Å². The lowest BCUT2D eigenvalue weighted by Crippen LogP contribution is -1.96. The first-order valence-corrected chi connectivity index (χ1v) is 7.91. The summed E-state index contributed by atoms with van der Waals surface area (Å²) in [5.74, 6) is 0.839. The molecule has 0 aromatic heterocycles. The van der Waals surface area contributed by atoms with Crippen LogP contribution in [0, 0.1) is 0 Å². The average molecular weight is 405 g/mol. The van der Waals surface area contributed by atoms with Crippen LogP contribution in [-0.2, 0) is 6.42 Å². The minimum Gasteiger partial charge on any atom is -0.496 e. The van der Waals surface area contributed by atoms with Gasteiger partial charge in [0.1, 0.15) is 5.75 Å². The monoisotopic (exact) mass is 402 g/mol. The third-order valence-electron chi connectivity index (χ3n) is 2.84. The first-order valence-electron chi connectivity index (χ1n) is 5.82. The summed E-state index contributed by atoms with van der Waals surface area (Å²) in [4.78, 5) is 0.244. The number of hydrogen-bond donors (Lipinski definition) is 0. The molecule has 0 radical (unpaired) electrons. The van der Waals surface area contributed by atoms with Gasteiger partial charge in [0.05, 0.1) is 11.6 Å². The zero-order valence-electron chi connectivity index (χ0n) is 10.4. The van der Waals surface area contributed by atoms with Crippen molar-refractivity contribution in [3.8, 4) is 5.75 Å². The van der Waals surface area contributed by atoms with Crippen molar-refractivity contribution in [1.82, 2.24) is 0 Å². The number of rotatable bonds is 4. The molecule has 0 saturated heterocycles. The van der Waals surface area contributed by atoms with E-state index in [0.29, 0.717) is 0 Å². The fraction of sp³-hybridized carbons (Fsp3) is 0.200. The normalized spacial score (nSPS) is 12.2. The van der Waals surface area contributed by atoms with Crippen LogP contribution in [0.5, 0.6) is 5.75 Å². The number of halogens is 3. The summed E-state index contributed by atoms with van der Waals surface area (Å²) in [5, 5.41) is 0.771. The molecule has 0 bridgehead atoms. The second-order valence-corrected chi connectivity index (χ2v) is 6.59. The van der Waals surface area contributed by atoms with Gasteiger partial charge in [0.15, 0.2) is 0 Å². The van der Waals surface area contributed by atoms with Crippen molar-refractivity contribution in [3.05, 3.63) is 63.1 Å². The largest absolute Gasteiger partial charge is 0.496 e. The minimum absolute atomic E-state index is 0.244. The Morgan fingerprint density at radius 2 is 2.00 bits per heavy atom. The molecule has 1 nitrogen and oxygen atoms in total. The lowest BCUT2D eigenvalue weighted by Gasteiger charge is -2.12. The van der Waals surface area contributed by atoms with Crippen LogP contribution in [0.25, 0.3) is 0 Å². The molecular formula is C15H13Br2ClO. The third kappa shape index (κ3) is 3.98. The van der Waals surface area contributed by atoms with Gasteiger partial charge in [0.2, 0.25) is 0 Å². The topological polar surface area (TPSA) is 9.23 Å². The molecule has 0 N–H and O–H groups in total. The molecule has 19 heavy (non-hydrogen) atoms. The van der Waals surface area contributed by atoms with Crippen LogP contribution in [0.1, 0.15) is 16.0 Å². The molecule has 0 amide bonds. The summed E-state index contributed by atoms with van der Waals surface area (Å²) in [5.41, 5.74) is 2.41. The van der Waals surface area contributed by atoms with Crippen molar-refractivity contribution in [1.29, 1.82) is 0 Å². The number of methoxy groups -OCH3 is 1. The van der Waals surface area contributed by atoms with E-state index in [1.54, 1.807) is 7.11 Å². The Bertz CT molecular complexity index is 572. The molecule has 0 spiro atoms. The van der Waals surface area contributed by atoms with Gasteiger partial charge in [-0.05, 0) is 57.7 Å². The fourth-order valence-electron chi connectivity index (χ4n) is 1.87. The summed E-state index contributed by atoms with van der Waals surface area (Å²) >= 11 is 13.2. The maximum Gasteiger partial charge on any atom is 0.133 e. The lowest BCUT2D eigenvalue weighted by molar-refractivity contribution is 0.412. The van der Waals surface area contributed by atoms with Crippen molar-refractivity contribution >= 4 is 43.5 Å². The van der Waals surface area contributed by atoms with E-state index in [2.05, 4.69) is 50.1 Å².